The van der Waals surface area contributed by atoms with E-state index in [1.807, 2.05) is 26.0 Å². The highest BCUT2D eigenvalue weighted by Crippen LogP contribution is 2.23. The van der Waals surface area contributed by atoms with E-state index in [2.05, 4.69) is 10.6 Å². The standard InChI is InChI=1S/C17H24N2O3/c1-11-7-8-14(9-12(11)2)19-17(22)16(21)18-10-13-5-3-4-6-15(13)20/h7-9,13,15,20H,3-6,10H2,1-2H3,(H,18,21)(H,19,22). The van der Waals surface area contributed by atoms with Crippen LogP contribution in [-0.4, -0.2) is 29.6 Å². The minimum Gasteiger partial charge on any atom is -0.393 e. The van der Waals surface area contributed by atoms with E-state index in [9.17, 15) is 14.7 Å². The summed E-state index contributed by atoms with van der Waals surface area (Å²) in [5, 5.41) is 15.1. The lowest BCUT2D eigenvalue weighted by Gasteiger charge is -2.27. The molecule has 2 rings (SSSR count). The van der Waals surface area contributed by atoms with Crippen LogP contribution in [0.3, 0.4) is 0 Å². The highest BCUT2D eigenvalue weighted by atomic mass is 16.3. The predicted octanol–water partition coefficient (Wildman–Crippen LogP) is 1.91. The molecule has 0 spiro atoms. The second-order valence-electron chi connectivity index (χ2n) is 6.08. The van der Waals surface area contributed by atoms with Gasteiger partial charge in [-0.25, -0.2) is 0 Å². The molecule has 1 aliphatic carbocycles. The summed E-state index contributed by atoms with van der Waals surface area (Å²) in [4.78, 5) is 23.7. The van der Waals surface area contributed by atoms with Gasteiger partial charge in [0.2, 0.25) is 0 Å². The Labute approximate surface area is 131 Å². The Balaban J connectivity index is 1.84. The van der Waals surface area contributed by atoms with E-state index >= 15 is 0 Å². The number of carbonyl (C=O) groups excluding carboxylic acids is 2. The fraction of sp³-hybridized carbons (Fsp3) is 0.529. The first-order valence-electron chi connectivity index (χ1n) is 7.82. The Morgan fingerprint density at radius 3 is 2.55 bits per heavy atom. The summed E-state index contributed by atoms with van der Waals surface area (Å²) >= 11 is 0. The second kappa shape index (κ2) is 7.40. The minimum absolute atomic E-state index is 0.0483. The van der Waals surface area contributed by atoms with E-state index in [1.54, 1.807) is 6.07 Å². The molecule has 0 aromatic heterocycles. The molecule has 0 radical (unpaired) electrons. The number of carbonyl (C=O) groups is 2. The van der Waals surface area contributed by atoms with Crippen molar-refractivity contribution in [1.29, 1.82) is 0 Å². The number of hydrogen-bond donors (Lipinski definition) is 3. The lowest BCUT2D eigenvalue weighted by molar-refractivity contribution is -0.136. The third kappa shape index (κ3) is 4.31. The molecule has 2 unspecified atom stereocenters. The van der Waals surface area contributed by atoms with Crippen LogP contribution in [0, 0.1) is 19.8 Å². The molecule has 1 aromatic rings. The highest BCUT2D eigenvalue weighted by Gasteiger charge is 2.24. The van der Waals surface area contributed by atoms with Crippen LogP contribution in [0.1, 0.15) is 36.8 Å². The Morgan fingerprint density at radius 2 is 1.86 bits per heavy atom. The van der Waals surface area contributed by atoms with E-state index in [0.29, 0.717) is 12.2 Å². The number of benzene rings is 1. The van der Waals surface area contributed by atoms with Crippen LogP contribution in [0.25, 0.3) is 0 Å². The molecular formula is C17H24N2O3. The van der Waals surface area contributed by atoms with Crippen molar-refractivity contribution >= 4 is 17.5 Å². The Kier molecular flexibility index (Phi) is 5.55. The summed E-state index contributed by atoms with van der Waals surface area (Å²) in [6.45, 7) is 4.29. The van der Waals surface area contributed by atoms with Gasteiger partial charge in [0.25, 0.3) is 0 Å². The number of aliphatic hydroxyl groups excluding tert-OH is 1. The average molecular weight is 304 g/mol. The zero-order valence-corrected chi connectivity index (χ0v) is 13.2. The van der Waals surface area contributed by atoms with Gasteiger partial charge in [-0.15, -0.1) is 0 Å². The van der Waals surface area contributed by atoms with Crippen LogP contribution in [0.15, 0.2) is 18.2 Å². The molecule has 120 valence electrons. The van der Waals surface area contributed by atoms with E-state index in [0.717, 1.165) is 36.8 Å². The smallest absolute Gasteiger partial charge is 0.313 e. The zero-order valence-electron chi connectivity index (χ0n) is 13.2. The van der Waals surface area contributed by atoms with Crippen LogP contribution in [0.5, 0.6) is 0 Å². The number of nitrogens with one attached hydrogen (secondary N) is 2. The molecule has 0 saturated heterocycles. The molecule has 3 N–H and O–H groups in total. The van der Waals surface area contributed by atoms with Gasteiger partial charge in [-0.1, -0.05) is 18.9 Å². The fourth-order valence-corrected chi connectivity index (χ4v) is 2.74. The molecule has 1 saturated carbocycles. The van der Waals surface area contributed by atoms with Gasteiger partial charge in [0.05, 0.1) is 6.10 Å². The van der Waals surface area contributed by atoms with Gasteiger partial charge in [-0.2, -0.15) is 0 Å². The van der Waals surface area contributed by atoms with Crippen LogP contribution >= 0.6 is 0 Å². The van der Waals surface area contributed by atoms with Crippen LogP contribution in [-0.2, 0) is 9.59 Å². The molecule has 1 fully saturated rings. The van der Waals surface area contributed by atoms with Crippen molar-refractivity contribution in [3.05, 3.63) is 29.3 Å². The highest BCUT2D eigenvalue weighted by molar-refractivity contribution is 6.39. The first-order valence-corrected chi connectivity index (χ1v) is 7.82. The molecule has 22 heavy (non-hydrogen) atoms. The Hall–Kier alpha value is -1.88. The summed E-state index contributed by atoms with van der Waals surface area (Å²) in [5.41, 5.74) is 2.80. The maximum Gasteiger partial charge on any atom is 0.313 e. The van der Waals surface area contributed by atoms with Gasteiger partial charge in [-0.05, 0) is 49.9 Å². The number of hydrogen-bond acceptors (Lipinski definition) is 3. The summed E-state index contributed by atoms with van der Waals surface area (Å²) in [7, 11) is 0. The van der Waals surface area contributed by atoms with Gasteiger partial charge in [0.15, 0.2) is 0 Å². The van der Waals surface area contributed by atoms with Gasteiger partial charge >= 0.3 is 11.8 Å². The van der Waals surface area contributed by atoms with Crippen molar-refractivity contribution in [2.45, 2.75) is 45.6 Å². The van der Waals surface area contributed by atoms with Crippen LogP contribution < -0.4 is 10.6 Å². The zero-order chi connectivity index (χ0) is 16.1. The van der Waals surface area contributed by atoms with E-state index < -0.39 is 11.8 Å². The normalized spacial score (nSPS) is 21.2. The summed E-state index contributed by atoms with van der Waals surface area (Å²) < 4.78 is 0. The fourth-order valence-electron chi connectivity index (χ4n) is 2.74. The van der Waals surface area contributed by atoms with Crippen molar-refractivity contribution in [1.82, 2.24) is 5.32 Å². The third-order valence-electron chi connectivity index (χ3n) is 4.36. The monoisotopic (exact) mass is 304 g/mol. The molecule has 1 aromatic carbocycles. The molecule has 1 aliphatic rings. The van der Waals surface area contributed by atoms with Crippen molar-refractivity contribution < 1.29 is 14.7 Å². The van der Waals surface area contributed by atoms with Crippen molar-refractivity contribution in [2.75, 3.05) is 11.9 Å². The van der Waals surface area contributed by atoms with E-state index in [4.69, 9.17) is 0 Å². The predicted molar refractivity (Wildman–Crippen MR) is 85.5 cm³/mol. The first kappa shape index (κ1) is 16.5. The average Bonchev–Trinajstić information content (AvgIpc) is 2.50. The van der Waals surface area contributed by atoms with E-state index in [-0.39, 0.29) is 12.0 Å². The molecule has 0 bridgehead atoms. The summed E-state index contributed by atoms with van der Waals surface area (Å²) in [5.74, 6) is -1.28. The molecule has 2 amide bonds. The molecule has 5 nitrogen and oxygen atoms in total. The van der Waals surface area contributed by atoms with Crippen LogP contribution in [0.2, 0.25) is 0 Å². The SMILES string of the molecule is Cc1ccc(NC(=O)C(=O)NCC2CCCCC2O)cc1C. The van der Waals surface area contributed by atoms with Crippen molar-refractivity contribution in [3.8, 4) is 0 Å². The third-order valence-corrected chi connectivity index (χ3v) is 4.36. The van der Waals surface area contributed by atoms with Gasteiger partial charge in [0.1, 0.15) is 0 Å². The van der Waals surface area contributed by atoms with Gasteiger partial charge in [-0.3, -0.25) is 9.59 Å². The number of aliphatic hydroxyl groups is 1. The lowest BCUT2D eigenvalue weighted by Crippen LogP contribution is -2.41. The van der Waals surface area contributed by atoms with Gasteiger partial charge in [0, 0.05) is 18.2 Å². The minimum atomic E-state index is -0.673. The maximum atomic E-state index is 11.9. The maximum absolute atomic E-state index is 11.9. The number of aryl methyl sites for hydroxylation is 2. The van der Waals surface area contributed by atoms with Crippen LogP contribution in [0.4, 0.5) is 5.69 Å². The number of rotatable bonds is 3. The summed E-state index contributed by atoms with van der Waals surface area (Å²) in [6.07, 6.45) is 3.37. The lowest BCUT2D eigenvalue weighted by atomic mass is 9.86. The largest absolute Gasteiger partial charge is 0.393 e. The Morgan fingerprint density at radius 1 is 1.14 bits per heavy atom. The molecule has 5 heteroatoms. The Bertz CT molecular complexity index is 557. The molecule has 0 heterocycles. The number of anilines is 1. The molecular weight excluding hydrogens is 280 g/mol. The van der Waals surface area contributed by atoms with Gasteiger partial charge < -0.3 is 15.7 Å². The summed E-state index contributed by atoms with van der Waals surface area (Å²) in [6, 6.07) is 5.52. The van der Waals surface area contributed by atoms with Crippen molar-refractivity contribution in [2.24, 2.45) is 5.92 Å². The van der Waals surface area contributed by atoms with E-state index in [1.165, 1.54) is 0 Å². The number of amides is 2. The first-order chi connectivity index (χ1) is 10.5. The molecule has 0 aliphatic heterocycles. The second-order valence-corrected chi connectivity index (χ2v) is 6.08. The van der Waals surface area contributed by atoms with Crippen molar-refractivity contribution in [3.63, 3.8) is 0 Å². The molecule has 2 atom stereocenters. The quantitative estimate of drug-likeness (QED) is 0.746. The topological polar surface area (TPSA) is 78.4 Å².